The summed E-state index contributed by atoms with van der Waals surface area (Å²) < 4.78 is 0.906. The second kappa shape index (κ2) is 5.08. The minimum atomic E-state index is 0.00275. The molecule has 0 spiro atoms. The molecule has 100 valence electrons. The van der Waals surface area contributed by atoms with Gasteiger partial charge in [-0.25, -0.2) is 0 Å². The van der Waals surface area contributed by atoms with E-state index in [-0.39, 0.29) is 5.78 Å². The zero-order chi connectivity index (χ0) is 14.3. The van der Waals surface area contributed by atoms with E-state index in [0.717, 1.165) is 20.9 Å². The summed E-state index contributed by atoms with van der Waals surface area (Å²) in [6, 6.07) is 11.2. The highest BCUT2D eigenvalue weighted by Gasteiger charge is 2.15. The minimum absolute atomic E-state index is 0.00275. The molecule has 1 N–H and O–H groups in total. The van der Waals surface area contributed by atoms with E-state index in [1.54, 1.807) is 12.3 Å². The lowest BCUT2D eigenvalue weighted by molar-refractivity contribution is 0.104. The summed E-state index contributed by atoms with van der Waals surface area (Å²) in [5.41, 5.74) is 3.25. The number of hydrogen-bond acceptors (Lipinski definition) is 1. The summed E-state index contributed by atoms with van der Waals surface area (Å²) >= 11 is 9.38. The Morgan fingerprint density at radius 1 is 1.20 bits per heavy atom. The molecule has 0 aliphatic rings. The number of carbonyl (C=O) groups is 1. The molecular formula is C16H11BrClNO. The predicted octanol–water partition coefficient (Wildman–Crippen LogP) is 5.12. The predicted molar refractivity (Wildman–Crippen MR) is 85.6 cm³/mol. The first-order valence-electron chi connectivity index (χ1n) is 6.13. The van der Waals surface area contributed by atoms with Gasteiger partial charge < -0.3 is 4.98 Å². The summed E-state index contributed by atoms with van der Waals surface area (Å²) in [6.45, 7) is 1.97. The first-order valence-corrected chi connectivity index (χ1v) is 7.30. The van der Waals surface area contributed by atoms with Gasteiger partial charge in [-0.3, -0.25) is 4.79 Å². The van der Waals surface area contributed by atoms with Crippen molar-refractivity contribution in [1.82, 2.24) is 4.98 Å². The molecule has 0 atom stereocenters. The molecule has 0 saturated carbocycles. The maximum absolute atomic E-state index is 12.6. The zero-order valence-corrected chi connectivity index (χ0v) is 13.0. The number of nitrogens with one attached hydrogen (secondary N) is 1. The fraction of sp³-hybridized carbons (Fsp3) is 0.0625. The molecule has 0 unspecified atom stereocenters. The van der Waals surface area contributed by atoms with Crippen LogP contribution in [0.2, 0.25) is 5.02 Å². The lowest BCUT2D eigenvalue weighted by Gasteiger charge is -2.03. The number of halogens is 2. The fourth-order valence-electron chi connectivity index (χ4n) is 2.31. The van der Waals surface area contributed by atoms with E-state index in [9.17, 15) is 4.79 Å². The molecule has 0 aliphatic heterocycles. The van der Waals surface area contributed by atoms with E-state index >= 15 is 0 Å². The number of fused-ring (bicyclic) bond motifs is 1. The van der Waals surface area contributed by atoms with Gasteiger partial charge in [0.25, 0.3) is 0 Å². The van der Waals surface area contributed by atoms with Crippen molar-refractivity contribution >= 4 is 44.2 Å². The Labute approximate surface area is 129 Å². The average Bonchev–Trinajstić information content (AvgIpc) is 2.79. The van der Waals surface area contributed by atoms with E-state index in [4.69, 9.17) is 11.6 Å². The Morgan fingerprint density at radius 3 is 2.75 bits per heavy atom. The van der Waals surface area contributed by atoms with Gasteiger partial charge in [0.2, 0.25) is 0 Å². The minimum Gasteiger partial charge on any atom is -0.360 e. The van der Waals surface area contributed by atoms with Gasteiger partial charge in [0.05, 0.1) is 0 Å². The Hall–Kier alpha value is -1.58. The highest BCUT2D eigenvalue weighted by molar-refractivity contribution is 9.10. The maximum atomic E-state index is 12.6. The highest BCUT2D eigenvalue weighted by atomic mass is 79.9. The number of hydrogen-bond donors (Lipinski definition) is 1. The van der Waals surface area contributed by atoms with Gasteiger partial charge >= 0.3 is 0 Å². The van der Waals surface area contributed by atoms with Crippen molar-refractivity contribution in [2.75, 3.05) is 0 Å². The molecule has 2 aromatic carbocycles. The van der Waals surface area contributed by atoms with Crippen LogP contribution in [-0.2, 0) is 0 Å². The Kier molecular flexibility index (Phi) is 3.40. The first-order chi connectivity index (χ1) is 9.54. The number of benzene rings is 2. The maximum Gasteiger partial charge on any atom is 0.195 e. The molecule has 0 saturated heterocycles. The molecule has 3 rings (SSSR count). The SMILES string of the molecule is Cc1cc(Br)cc(C(=O)c2c[nH]c3cc(Cl)ccc23)c1. The van der Waals surface area contributed by atoms with Crippen molar-refractivity contribution in [3.63, 3.8) is 0 Å². The van der Waals surface area contributed by atoms with Gasteiger partial charge in [-0.15, -0.1) is 0 Å². The molecule has 2 nitrogen and oxygen atoms in total. The van der Waals surface area contributed by atoms with Crippen molar-refractivity contribution in [3.05, 3.63) is 68.8 Å². The van der Waals surface area contributed by atoms with Crippen molar-refractivity contribution < 1.29 is 4.79 Å². The molecule has 20 heavy (non-hydrogen) atoms. The van der Waals surface area contributed by atoms with Gasteiger partial charge in [-0.1, -0.05) is 33.6 Å². The lowest BCUT2D eigenvalue weighted by Crippen LogP contribution is -2.00. The molecule has 0 amide bonds. The Bertz CT molecular complexity index is 802. The number of aromatic amines is 1. The third-order valence-corrected chi connectivity index (χ3v) is 3.89. The molecule has 0 aliphatic carbocycles. The van der Waals surface area contributed by atoms with E-state index in [1.807, 2.05) is 37.3 Å². The van der Waals surface area contributed by atoms with Gasteiger partial charge in [0.15, 0.2) is 5.78 Å². The Balaban J connectivity index is 2.12. The number of aromatic nitrogens is 1. The normalized spacial score (nSPS) is 10.9. The van der Waals surface area contributed by atoms with Crippen molar-refractivity contribution in [2.45, 2.75) is 6.92 Å². The number of ketones is 1. The second-order valence-corrected chi connectivity index (χ2v) is 6.09. The molecule has 4 heteroatoms. The summed E-state index contributed by atoms with van der Waals surface area (Å²) in [5.74, 6) is 0.00275. The van der Waals surface area contributed by atoms with Crippen LogP contribution in [0.4, 0.5) is 0 Å². The van der Waals surface area contributed by atoms with Crippen LogP contribution in [0.15, 0.2) is 47.1 Å². The van der Waals surface area contributed by atoms with Gasteiger partial charge in [0, 0.05) is 37.7 Å². The molecule has 3 aromatic rings. The average molecular weight is 349 g/mol. The fourth-order valence-corrected chi connectivity index (χ4v) is 3.09. The molecule has 0 bridgehead atoms. The third kappa shape index (κ3) is 2.39. The quantitative estimate of drug-likeness (QED) is 0.640. The summed E-state index contributed by atoms with van der Waals surface area (Å²) in [7, 11) is 0. The van der Waals surface area contributed by atoms with Crippen LogP contribution in [0.1, 0.15) is 21.5 Å². The summed E-state index contributed by atoms with van der Waals surface area (Å²) in [4.78, 5) is 15.7. The first kappa shape index (κ1) is 13.4. The smallest absolute Gasteiger partial charge is 0.195 e. The molecule has 0 radical (unpaired) electrons. The largest absolute Gasteiger partial charge is 0.360 e. The van der Waals surface area contributed by atoms with Gasteiger partial charge in [-0.2, -0.15) is 0 Å². The van der Waals surface area contributed by atoms with Crippen LogP contribution < -0.4 is 0 Å². The summed E-state index contributed by atoms with van der Waals surface area (Å²) in [6.07, 6.45) is 1.74. The van der Waals surface area contributed by atoms with E-state index in [1.165, 1.54) is 0 Å². The van der Waals surface area contributed by atoms with Crippen LogP contribution in [-0.4, -0.2) is 10.8 Å². The second-order valence-electron chi connectivity index (χ2n) is 4.74. The third-order valence-electron chi connectivity index (χ3n) is 3.19. The van der Waals surface area contributed by atoms with Gasteiger partial charge in [0.1, 0.15) is 0 Å². The van der Waals surface area contributed by atoms with Crippen molar-refractivity contribution in [3.8, 4) is 0 Å². The highest BCUT2D eigenvalue weighted by Crippen LogP contribution is 2.25. The number of H-pyrrole nitrogens is 1. The van der Waals surface area contributed by atoms with E-state index in [0.29, 0.717) is 16.1 Å². The monoisotopic (exact) mass is 347 g/mol. The van der Waals surface area contributed by atoms with E-state index < -0.39 is 0 Å². The Morgan fingerprint density at radius 2 is 2.00 bits per heavy atom. The van der Waals surface area contributed by atoms with Crippen LogP contribution >= 0.6 is 27.5 Å². The zero-order valence-electron chi connectivity index (χ0n) is 10.7. The van der Waals surface area contributed by atoms with E-state index in [2.05, 4.69) is 20.9 Å². The molecule has 1 heterocycles. The van der Waals surface area contributed by atoms with Crippen LogP contribution in [0.25, 0.3) is 10.9 Å². The molecular weight excluding hydrogens is 338 g/mol. The lowest BCUT2D eigenvalue weighted by atomic mass is 10.0. The molecule has 1 aromatic heterocycles. The van der Waals surface area contributed by atoms with Gasteiger partial charge in [-0.05, 0) is 42.8 Å². The molecule has 0 fully saturated rings. The summed E-state index contributed by atoms with van der Waals surface area (Å²) in [5, 5.41) is 1.54. The standard InChI is InChI=1S/C16H11BrClNO/c1-9-4-10(6-11(17)5-9)16(20)14-8-19-15-7-12(18)2-3-13(14)15/h2-8,19H,1H3. The number of aryl methyl sites for hydroxylation is 1. The van der Waals surface area contributed by atoms with Crippen molar-refractivity contribution in [2.24, 2.45) is 0 Å². The van der Waals surface area contributed by atoms with Crippen molar-refractivity contribution in [1.29, 1.82) is 0 Å². The topological polar surface area (TPSA) is 32.9 Å². The van der Waals surface area contributed by atoms with Crippen LogP contribution in [0.5, 0.6) is 0 Å². The number of rotatable bonds is 2. The van der Waals surface area contributed by atoms with Crippen LogP contribution in [0, 0.1) is 6.92 Å². The number of carbonyl (C=O) groups excluding carboxylic acids is 1. The van der Waals surface area contributed by atoms with Crippen LogP contribution in [0.3, 0.4) is 0 Å².